The smallest absolute Gasteiger partial charge is 0.255 e. The highest BCUT2D eigenvalue weighted by Crippen LogP contribution is 2.39. The summed E-state index contributed by atoms with van der Waals surface area (Å²) in [7, 11) is 1.77. The van der Waals surface area contributed by atoms with E-state index in [2.05, 4.69) is 6.58 Å². The van der Waals surface area contributed by atoms with Gasteiger partial charge in [0.25, 0.3) is 5.91 Å². The van der Waals surface area contributed by atoms with E-state index in [-0.39, 0.29) is 11.9 Å². The molecular formula is C15H13NO2. The lowest BCUT2D eigenvalue weighted by Crippen LogP contribution is -2.36. The Bertz CT molecular complexity index is 613. The van der Waals surface area contributed by atoms with Gasteiger partial charge in [0, 0.05) is 12.6 Å². The van der Waals surface area contributed by atoms with Crippen LogP contribution in [0.15, 0.2) is 53.7 Å². The lowest BCUT2D eigenvalue weighted by atomic mass is 9.88. The zero-order chi connectivity index (χ0) is 12.7. The number of likely N-dealkylation sites (N-methyl/N-ethyl adjacent to an activating group) is 1. The summed E-state index contributed by atoms with van der Waals surface area (Å²) in [5.74, 6) is 0.741. The SMILES string of the molecule is C=C1c2ccccc2C(=O)N(C)C1c1ccco1. The molecule has 1 aliphatic heterocycles. The van der Waals surface area contributed by atoms with Gasteiger partial charge in [-0.25, -0.2) is 0 Å². The predicted octanol–water partition coefficient (Wildman–Crippen LogP) is 3.12. The van der Waals surface area contributed by atoms with Gasteiger partial charge in [0.05, 0.1) is 6.26 Å². The quantitative estimate of drug-likeness (QED) is 0.766. The van der Waals surface area contributed by atoms with Crippen molar-refractivity contribution in [2.24, 2.45) is 0 Å². The number of hydrogen-bond acceptors (Lipinski definition) is 2. The molecule has 2 heterocycles. The lowest BCUT2D eigenvalue weighted by molar-refractivity contribution is 0.0741. The van der Waals surface area contributed by atoms with Crippen LogP contribution in [-0.2, 0) is 0 Å². The summed E-state index contributed by atoms with van der Waals surface area (Å²) < 4.78 is 5.42. The molecule has 2 aromatic rings. The van der Waals surface area contributed by atoms with Crippen molar-refractivity contribution < 1.29 is 9.21 Å². The average molecular weight is 239 g/mol. The molecule has 3 heteroatoms. The minimum Gasteiger partial charge on any atom is -0.467 e. The van der Waals surface area contributed by atoms with Crippen LogP contribution in [0.2, 0.25) is 0 Å². The first-order valence-corrected chi connectivity index (χ1v) is 5.79. The summed E-state index contributed by atoms with van der Waals surface area (Å²) in [6.45, 7) is 4.12. The van der Waals surface area contributed by atoms with Crippen LogP contribution in [0, 0.1) is 0 Å². The third-order valence-electron chi connectivity index (χ3n) is 3.35. The zero-order valence-corrected chi connectivity index (χ0v) is 10.1. The maximum absolute atomic E-state index is 12.3. The maximum Gasteiger partial charge on any atom is 0.255 e. The number of carbonyl (C=O) groups is 1. The van der Waals surface area contributed by atoms with Crippen molar-refractivity contribution >= 4 is 11.5 Å². The lowest BCUT2D eigenvalue weighted by Gasteiger charge is -2.34. The molecule has 0 radical (unpaired) electrons. The Hall–Kier alpha value is -2.29. The molecule has 1 unspecified atom stereocenters. The van der Waals surface area contributed by atoms with Gasteiger partial charge in [-0.2, -0.15) is 0 Å². The molecule has 18 heavy (non-hydrogen) atoms. The van der Waals surface area contributed by atoms with Crippen molar-refractivity contribution in [2.75, 3.05) is 7.05 Å². The second kappa shape index (κ2) is 3.88. The van der Waals surface area contributed by atoms with Gasteiger partial charge in [-0.05, 0) is 29.3 Å². The fraction of sp³-hybridized carbons (Fsp3) is 0.133. The van der Waals surface area contributed by atoms with E-state index in [1.54, 1.807) is 18.2 Å². The van der Waals surface area contributed by atoms with Gasteiger partial charge < -0.3 is 9.32 Å². The summed E-state index contributed by atoms with van der Waals surface area (Å²) in [5, 5.41) is 0. The summed E-state index contributed by atoms with van der Waals surface area (Å²) >= 11 is 0. The minimum atomic E-state index is -0.220. The zero-order valence-electron chi connectivity index (χ0n) is 10.1. The van der Waals surface area contributed by atoms with E-state index in [4.69, 9.17) is 4.42 Å². The molecule has 0 fully saturated rings. The largest absolute Gasteiger partial charge is 0.467 e. The summed E-state index contributed by atoms with van der Waals surface area (Å²) in [5.41, 5.74) is 2.50. The van der Waals surface area contributed by atoms with Crippen molar-refractivity contribution in [1.29, 1.82) is 0 Å². The van der Waals surface area contributed by atoms with Crippen LogP contribution < -0.4 is 0 Å². The van der Waals surface area contributed by atoms with Crippen LogP contribution in [0.4, 0.5) is 0 Å². The van der Waals surface area contributed by atoms with E-state index < -0.39 is 0 Å². The number of fused-ring (bicyclic) bond motifs is 1. The van der Waals surface area contributed by atoms with Gasteiger partial charge in [-0.3, -0.25) is 4.79 Å². The van der Waals surface area contributed by atoms with E-state index in [9.17, 15) is 4.79 Å². The molecule has 1 atom stereocenters. The maximum atomic E-state index is 12.3. The first-order chi connectivity index (χ1) is 8.70. The number of benzene rings is 1. The van der Waals surface area contributed by atoms with E-state index in [0.29, 0.717) is 5.56 Å². The minimum absolute atomic E-state index is 0.000556. The van der Waals surface area contributed by atoms with E-state index in [0.717, 1.165) is 16.9 Å². The third kappa shape index (κ3) is 1.40. The Balaban J connectivity index is 2.16. The molecule has 3 nitrogen and oxygen atoms in total. The number of rotatable bonds is 1. The Labute approximate surface area is 105 Å². The number of carbonyl (C=O) groups excluding carboxylic acids is 1. The Morgan fingerprint density at radius 2 is 1.89 bits per heavy atom. The molecular weight excluding hydrogens is 226 g/mol. The van der Waals surface area contributed by atoms with E-state index in [1.165, 1.54) is 0 Å². The van der Waals surface area contributed by atoms with Crippen molar-refractivity contribution in [2.45, 2.75) is 6.04 Å². The van der Waals surface area contributed by atoms with E-state index >= 15 is 0 Å². The number of hydrogen-bond donors (Lipinski definition) is 0. The first-order valence-electron chi connectivity index (χ1n) is 5.79. The molecule has 1 aromatic carbocycles. The number of amides is 1. The van der Waals surface area contributed by atoms with Crippen LogP contribution in [0.25, 0.3) is 5.57 Å². The highest BCUT2D eigenvalue weighted by molar-refractivity contribution is 6.03. The second-order valence-electron chi connectivity index (χ2n) is 4.40. The molecule has 1 aromatic heterocycles. The molecule has 0 spiro atoms. The topological polar surface area (TPSA) is 33.5 Å². The fourth-order valence-electron chi connectivity index (χ4n) is 2.45. The number of furan rings is 1. The molecule has 0 aliphatic carbocycles. The van der Waals surface area contributed by atoms with Crippen molar-refractivity contribution in [3.63, 3.8) is 0 Å². The van der Waals surface area contributed by atoms with E-state index in [1.807, 2.05) is 36.4 Å². The van der Waals surface area contributed by atoms with Gasteiger partial charge in [0.15, 0.2) is 0 Å². The second-order valence-corrected chi connectivity index (χ2v) is 4.40. The van der Waals surface area contributed by atoms with Crippen molar-refractivity contribution in [3.05, 3.63) is 66.1 Å². The fourth-order valence-corrected chi connectivity index (χ4v) is 2.45. The molecule has 1 amide bonds. The van der Waals surface area contributed by atoms with Gasteiger partial charge in [-0.15, -0.1) is 0 Å². The average Bonchev–Trinajstić information content (AvgIpc) is 2.90. The molecule has 0 N–H and O–H groups in total. The Kier molecular flexibility index (Phi) is 2.33. The van der Waals surface area contributed by atoms with Crippen LogP contribution >= 0.6 is 0 Å². The van der Waals surface area contributed by atoms with Gasteiger partial charge in [-0.1, -0.05) is 24.8 Å². The molecule has 0 saturated heterocycles. The van der Waals surface area contributed by atoms with Gasteiger partial charge in [0.2, 0.25) is 0 Å². The van der Waals surface area contributed by atoms with Crippen LogP contribution in [0.3, 0.4) is 0 Å². The standard InChI is InChI=1S/C15H13NO2/c1-10-11-6-3-4-7-12(11)15(17)16(2)14(10)13-8-5-9-18-13/h3-9,14H,1H2,2H3. The van der Waals surface area contributed by atoms with Gasteiger partial charge >= 0.3 is 0 Å². The molecule has 0 saturated carbocycles. The van der Waals surface area contributed by atoms with Crippen molar-refractivity contribution in [1.82, 2.24) is 4.90 Å². The van der Waals surface area contributed by atoms with Crippen LogP contribution in [-0.4, -0.2) is 17.9 Å². The molecule has 90 valence electrons. The highest BCUT2D eigenvalue weighted by atomic mass is 16.3. The third-order valence-corrected chi connectivity index (χ3v) is 3.35. The normalized spacial score (nSPS) is 18.9. The Morgan fingerprint density at radius 3 is 2.56 bits per heavy atom. The molecule has 0 bridgehead atoms. The van der Waals surface area contributed by atoms with Crippen LogP contribution in [0.1, 0.15) is 27.7 Å². The van der Waals surface area contributed by atoms with Gasteiger partial charge in [0.1, 0.15) is 11.8 Å². The number of nitrogens with zero attached hydrogens (tertiary/aromatic N) is 1. The van der Waals surface area contributed by atoms with Crippen molar-refractivity contribution in [3.8, 4) is 0 Å². The first kappa shape index (κ1) is 10.8. The molecule has 1 aliphatic rings. The summed E-state index contributed by atoms with van der Waals surface area (Å²) in [4.78, 5) is 14.0. The van der Waals surface area contributed by atoms with Crippen LogP contribution in [0.5, 0.6) is 0 Å². The molecule has 3 rings (SSSR count). The highest BCUT2D eigenvalue weighted by Gasteiger charge is 2.34. The predicted molar refractivity (Wildman–Crippen MR) is 69.0 cm³/mol. The summed E-state index contributed by atoms with van der Waals surface area (Å²) in [6, 6.07) is 11.0. The monoisotopic (exact) mass is 239 g/mol. The Morgan fingerprint density at radius 1 is 1.17 bits per heavy atom. The summed E-state index contributed by atoms with van der Waals surface area (Å²) in [6.07, 6.45) is 1.61.